The van der Waals surface area contributed by atoms with Gasteiger partial charge in [-0.25, -0.2) is 0 Å². The van der Waals surface area contributed by atoms with Gasteiger partial charge in [0.05, 0.1) is 11.0 Å². The van der Waals surface area contributed by atoms with E-state index in [-0.39, 0.29) is 5.41 Å². The van der Waals surface area contributed by atoms with Gasteiger partial charge in [-0.3, -0.25) is 0 Å². The van der Waals surface area contributed by atoms with E-state index in [4.69, 9.17) is 0 Å². The van der Waals surface area contributed by atoms with Crippen LogP contribution in [0, 0.1) is 0 Å². The predicted octanol–water partition coefficient (Wildman–Crippen LogP) is 15.6. The highest BCUT2D eigenvalue weighted by Gasteiger charge is 2.37. The van der Waals surface area contributed by atoms with Gasteiger partial charge in [-0.2, -0.15) is 0 Å². The van der Waals surface area contributed by atoms with Gasteiger partial charge in [0.25, 0.3) is 0 Å². The molecule has 0 fully saturated rings. The molecule has 9 aromatic carbocycles. The molecule has 0 amide bonds. The topological polar surface area (TPSA) is 4.93 Å². The van der Waals surface area contributed by atoms with Crippen LogP contribution in [-0.4, -0.2) is 4.57 Å². The Labute approximate surface area is 335 Å². The summed E-state index contributed by atoms with van der Waals surface area (Å²) in [7, 11) is 0. The number of fused-ring (bicyclic) bond motifs is 11. The van der Waals surface area contributed by atoms with Crippen molar-refractivity contribution in [1.29, 1.82) is 0 Å². The highest BCUT2D eigenvalue weighted by molar-refractivity contribution is 7.26. The normalized spacial score (nSPS) is 13.2. The summed E-state index contributed by atoms with van der Waals surface area (Å²) < 4.78 is 5.24. The molecular formula is C55H37NS. The maximum atomic E-state index is 2.49. The van der Waals surface area contributed by atoms with Crippen molar-refractivity contribution in [3.8, 4) is 50.2 Å². The summed E-state index contributed by atoms with van der Waals surface area (Å²) in [6.07, 6.45) is 0. The van der Waals surface area contributed by atoms with Crippen LogP contribution in [0.5, 0.6) is 0 Å². The van der Waals surface area contributed by atoms with Crippen molar-refractivity contribution in [2.45, 2.75) is 19.3 Å². The molecule has 268 valence electrons. The van der Waals surface area contributed by atoms with E-state index in [0.29, 0.717) is 0 Å². The molecule has 0 atom stereocenters. The molecule has 0 unspecified atom stereocenters. The number of hydrogen-bond acceptors (Lipinski definition) is 1. The summed E-state index contributed by atoms with van der Waals surface area (Å²) in [6.45, 7) is 4.80. The number of rotatable bonds is 4. The molecule has 0 saturated heterocycles. The van der Waals surface area contributed by atoms with Crippen LogP contribution >= 0.6 is 11.3 Å². The van der Waals surface area contributed by atoms with Gasteiger partial charge in [-0.05, 0) is 103 Å². The van der Waals surface area contributed by atoms with Crippen molar-refractivity contribution >= 4 is 64.1 Å². The lowest BCUT2D eigenvalue weighted by molar-refractivity contribution is 0.660. The Bertz CT molecular complexity index is 3410. The molecule has 1 nitrogen and oxygen atoms in total. The molecule has 2 heterocycles. The Morgan fingerprint density at radius 1 is 0.404 bits per heavy atom. The fourth-order valence-electron chi connectivity index (χ4n) is 9.74. The Morgan fingerprint density at radius 2 is 1.04 bits per heavy atom. The van der Waals surface area contributed by atoms with Crippen molar-refractivity contribution in [3.63, 3.8) is 0 Å². The second kappa shape index (κ2) is 12.1. The average molecular weight is 744 g/mol. The first-order valence-corrected chi connectivity index (χ1v) is 20.7. The largest absolute Gasteiger partial charge is 0.309 e. The Hall–Kier alpha value is -6.74. The lowest BCUT2D eigenvalue weighted by atomic mass is 9.82. The van der Waals surface area contributed by atoms with Gasteiger partial charge in [0, 0.05) is 47.6 Å². The van der Waals surface area contributed by atoms with E-state index < -0.39 is 0 Å². The molecule has 2 heteroatoms. The molecule has 0 bridgehead atoms. The molecule has 11 aromatic rings. The molecule has 1 aliphatic rings. The summed E-state index contributed by atoms with van der Waals surface area (Å²) in [6, 6.07) is 69.9. The molecule has 0 N–H and O–H groups in total. The van der Waals surface area contributed by atoms with E-state index in [0.717, 1.165) is 0 Å². The van der Waals surface area contributed by atoms with Gasteiger partial charge >= 0.3 is 0 Å². The Morgan fingerprint density at radius 3 is 1.81 bits per heavy atom. The number of nitrogens with zero attached hydrogens (tertiary/aromatic N) is 1. The van der Waals surface area contributed by atoms with Crippen LogP contribution in [0.15, 0.2) is 188 Å². The van der Waals surface area contributed by atoms with Crippen LogP contribution in [0.3, 0.4) is 0 Å². The minimum absolute atomic E-state index is 0.129. The highest BCUT2D eigenvalue weighted by atomic mass is 32.1. The van der Waals surface area contributed by atoms with Gasteiger partial charge in [0.15, 0.2) is 0 Å². The summed E-state index contributed by atoms with van der Waals surface area (Å²) in [4.78, 5) is 0. The third-order valence-electron chi connectivity index (χ3n) is 12.6. The van der Waals surface area contributed by atoms with Gasteiger partial charge in [-0.15, -0.1) is 11.3 Å². The second-order valence-corrected chi connectivity index (χ2v) is 17.1. The van der Waals surface area contributed by atoms with Crippen LogP contribution < -0.4 is 0 Å². The zero-order valence-electron chi connectivity index (χ0n) is 31.8. The average Bonchev–Trinajstić information content (AvgIpc) is 3.88. The SMILES string of the molecule is CC1(C)c2cc(-n3c4ccc(-c5ccccc5)cc4c4cc(-c5ccc(-c6cccc7ccccc67)cc5)ccc43)ccc2-c2c1ccc1c2sc2ccccc21. The fourth-order valence-corrected chi connectivity index (χ4v) is 11.0. The molecule has 2 aromatic heterocycles. The van der Waals surface area contributed by atoms with Crippen molar-refractivity contribution < 1.29 is 0 Å². The van der Waals surface area contributed by atoms with Crippen molar-refractivity contribution in [2.75, 3.05) is 0 Å². The lowest BCUT2D eigenvalue weighted by Crippen LogP contribution is -2.15. The van der Waals surface area contributed by atoms with Crippen molar-refractivity contribution in [2.24, 2.45) is 0 Å². The lowest BCUT2D eigenvalue weighted by Gasteiger charge is -2.22. The summed E-state index contributed by atoms with van der Waals surface area (Å²) >= 11 is 1.93. The molecule has 0 saturated carbocycles. The predicted molar refractivity (Wildman–Crippen MR) is 245 cm³/mol. The van der Waals surface area contributed by atoms with Crippen LogP contribution in [0.4, 0.5) is 0 Å². The van der Waals surface area contributed by atoms with Gasteiger partial charge in [0.2, 0.25) is 0 Å². The molecule has 1 aliphatic carbocycles. The first-order valence-electron chi connectivity index (χ1n) is 19.8. The van der Waals surface area contributed by atoms with Gasteiger partial charge in [0.1, 0.15) is 0 Å². The van der Waals surface area contributed by atoms with E-state index in [1.165, 1.54) is 114 Å². The smallest absolute Gasteiger partial charge is 0.0541 e. The van der Waals surface area contributed by atoms with E-state index in [1.807, 2.05) is 11.3 Å². The fraction of sp³-hybridized carbons (Fsp3) is 0.0545. The Balaban J connectivity index is 1.03. The third-order valence-corrected chi connectivity index (χ3v) is 13.8. The molecule has 0 aliphatic heterocycles. The maximum Gasteiger partial charge on any atom is 0.0541 e. The summed E-state index contributed by atoms with van der Waals surface area (Å²) in [5.41, 5.74) is 16.4. The zero-order chi connectivity index (χ0) is 37.8. The minimum atomic E-state index is -0.129. The van der Waals surface area contributed by atoms with Crippen LogP contribution in [-0.2, 0) is 5.41 Å². The second-order valence-electron chi connectivity index (χ2n) is 16.1. The monoisotopic (exact) mass is 743 g/mol. The molecule has 0 spiro atoms. The minimum Gasteiger partial charge on any atom is -0.309 e. The first kappa shape index (κ1) is 32.5. The number of benzene rings is 9. The zero-order valence-corrected chi connectivity index (χ0v) is 32.6. The number of thiophene rings is 1. The Kier molecular flexibility index (Phi) is 6.91. The first-order chi connectivity index (χ1) is 28.0. The van der Waals surface area contributed by atoms with E-state index in [1.54, 1.807) is 0 Å². The molecule has 12 rings (SSSR count). The van der Waals surface area contributed by atoms with Gasteiger partial charge < -0.3 is 4.57 Å². The standard InChI is InChI=1S/C55H37NS/c1-55(2)48-28-27-44-43-16-8-9-18-52(43)57-54(44)53(48)45-26-25-40(33-49(45)55)56-50-29-23-38(34-11-4-3-5-12-34)31-46(50)47-32-39(24-30-51(47)56)35-19-21-37(22-20-35)42-17-10-14-36-13-6-7-15-41(36)42/h3-33H,1-2H3. The number of hydrogen-bond donors (Lipinski definition) is 0. The summed E-state index contributed by atoms with van der Waals surface area (Å²) in [5, 5.41) is 7.77. The number of aromatic nitrogens is 1. The van der Waals surface area contributed by atoms with E-state index >= 15 is 0 Å². The van der Waals surface area contributed by atoms with Crippen LogP contribution in [0.2, 0.25) is 0 Å². The molecular weight excluding hydrogens is 707 g/mol. The quantitative estimate of drug-likeness (QED) is 0.169. The van der Waals surface area contributed by atoms with E-state index in [2.05, 4.69) is 206 Å². The highest BCUT2D eigenvalue weighted by Crippen LogP contribution is 2.54. The third kappa shape index (κ3) is 4.81. The van der Waals surface area contributed by atoms with Gasteiger partial charge in [-0.1, -0.05) is 159 Å². The van der Waals surface area contributed by atoms with Crippen molar-refractivity contribution in [3.05, 3.63) is 199 Å². The summed E-state index contributed by atoms with van der Waals surface area (Å²) in [5.74, 6) is 0. The molecule has 0 radical (unpaired) electrons. The van der Waals surface area contributed by atoms with Crippen LogP contribution in [0.25, 0.3) is 103 Å². The van der Waals surface area contributed by atoms with Crippen molar-refractivity contribution in [1.82, 2.24) is 4.57 Å². The molecule has 57 heavy (non-hydrogen) atoms. The maximum absolute atomic E-state index is 2.49. The van der Waals surface area contributed by atoms with Crippen LogP contribution in [0.1, 0.15) is 25.0 Å². The van der Waals surface area contributed by atoms with E-state index in [9.17, 15) is 0 Å².